The van der Waals surface area contributed by atoms with Crippen molar-refractivity contribution in [3.05, 3.63) is 11.5 Å². The molecule has 1 aliphatic heterocycles. The number of cyclic esters (lactones) is 1. The fourth-order valence-corrected chi connectivity index (χ4v) is 1.02. The van der Waals surface area contributed by atoms with Gasteiger partial charge < -0.3 is 24.8 Å². The summed E-state index contributed by atoms with van der Waals surface area (Å²) in [6.45, 7) is -0.585. The maximum absolute atomic E-state index is 10.8. The average Bonchev–Trinajstić information content (AvgIpc) is 2.42. The summed E-state index contributed by atoms with van der Waals surface area (Å²) in [5, 5.41) is 26.8. The van der Waals surface area contributed by atoms with Crippen molar-refractivity contribution in [1.29, 1.82) is 0 Å². The Morgan fingerprint density at radius 2 is 2.31 bits per heavy atom. The van der Waals surface area contributed by atoms with Crippen molar-refractivity contribution < 1.29 is 29.6 Å². The maximum Gasteiger partial charge on any atom is 0.378 e. The number of hydrogen-bond donors (Lipinski definition) is 3. The molecule has 0 aromatic carbocycles. The summed E-state index contributed by atoms with van der Waals surface area (Å²) in [5.74, 6) is -1.79. The highest BCUT2D eigenvalue weighted by molar-refractivity contribution is 5.89. The fraction of sp³-hybridized carbons (Fsp3) is 0.571. The van der Waals surface area contributed by atoms with E-state index in [4.69, 9.17) is 15.3 Å². The molecule has 0 saturated carbocycles. The predicted octanol–water partition coefficient (Wildman–Crippen LogP) is -1.32. The molecular weight excluding hydrogens is 180 g/mol. The largest absolute Gasteiger partial charge is 0.499 e. The number of carbonyl (C=O) groups is 1. The van der Waals surface area contributed by atoms with E-state index in [1.54, 1.807) is 0 Å². The van der Waals surface area contributed by atoms with Gasteiger partial charge in [-0.2, -0.15) is 0 Å². The summed E-state index contributed by atoms with van der Waals surface area (Å²) in [6, 6.07) is 0. The SMILES string of the molecule is COC1=C(O)C(=O)O[C@@H]1[C@@H](O)CO. The van der Waals surface area contributed by atoms with Gasteiger partial charge in [-0.15, -0.1) is 0 Å². The van der Waals surface area contributed by atoms with Crippen molar-refractivity contribution in [3.63, 3.8) is 0 Å². The number of aliphatic hydroxyl groups is 3. The zero-order valence-corrected chi connectivity index (χ0v) is 6.93. The van der Waals surface area contributed by atoms with Crippen molar-refractivity contribution in [3.8, 4) is 0 Å². The first kappa shape index (κ1) is 9.82. The first-order valence-electron chi connectivity index (χ1n) is 3.58. The van der Waals surface area contributed by atoms with E-state index in [2.05, 4.69) is 9.47 Å². The Bertz CT molecular complexity index is 245. The molecular formula is C7H10O6. The zero-order chi connectivity index (χ0) is 10.0. The van der Waals surface area contributed by atoms with E-state index < -0.39 is 30.5 Å². The molecule has 3 N–H and O–H groups in total. The Hall–Kier alpha value is -1.27. The van der Waals surface area contributed by atoms with Gasteiger partial charge in [0.1, 0.15) is 6.10 Å². The second kappa shape index (κ2) is 3.63. The number of hydrogen-bond acceptors (Lipinski definition) is 6. The van der Waals surface area contributed by atoms with Crippen LogP contribution in [0.3, 0.4) is 0 Å². The van der Waals surface area contributed by atoms with E-state index in [9.17, 15) is 4.79 Å². The zero-order valence-electron chi connectivity index (χ0n) is 6.93. The molecule has 0 saturated heterocycles. The minimum Gasteiger partial charge on any atom is -0.499 e. The molecule has 1 aliphatic rings. The number of ether oxygens (including phenoxy) is 2. The van der Waals surface area contributed by atoms with Crippen molar-refractivity contribution in [2.24, 2.45) is 0 Å². The maximum atomic E-state index is 10.8. The number of carbonyl (C=O) groups excluding carboxylic acids is 1. The molecule has 6 heteroatoms. The lowest BCUT2D eigenvalue weighted by molar-refractivity contribution is -0.147. The molecule has 0 spiro atoms. The lowest BCUT2D eigenvalue weighted by Gasteiger charge is -2.16. The second-order valence-corrected chi connectivity index (χ2v) is 2.49. The van der Waals surface area contributed by atoms with Crippen LogP contribution in [-0.2, 0) is 14.3 Å². The van der Waals surface area contributed by atoms with Crippen LogP contribution in [-0.4, -0.2) is 47.2 Å². The highest BCUT2D eigenvalue weighted by Crippen LogP contribution is 2.23. The molecule has 0 bridgehead atoms. The first-order chi connectivity index (χ1) is 6.11. The molecule has 13 heavy (non-hydrogen) atoms. The van der Waals surface area contributed by atoms with Crippen molar-refractivity contribution in [2.75, 3.05) is 13.7 Å². The average molecular weight is 190 g/mol. The van der Waals surface area contributed by atoms with Crippen LogP contribution in [0.1, 0.15) is 0 Å². The Morgan fingerprint density at radius 1 is 1.69 bits per heavy atom. The Labute approximate surface area is 74.0 Å². The molecule has 6 nitrogen and oxygen atoms in total. The quantitative estimate of drug-likeness (QED) is 0.478. The molecule has 1 rings (SSSR count). The molecule has 0 aliphatic carbocycles. The molecule has 1 heterocycles. The smallest absolute Gasteiger partial charge is 0.378 e. The monoisotopic (exact) mass is 190 g/mol. The molecule has 0 radical (unpaired) electrons. The molecule has 0 aromatic rings. The van der Waals surface area contributed by atoms with E-state index in [1.165, 1.54) is 7.11 Å². The van der Waals surface area contributed by atoms with Gasteiger partial charge in [0.2, 0.25) is 5.76 Å². The van der Waals surface area contributed by atoms with Gasteiger partial charge in [0.05, 0.1) is 13.7 Å². The van der Waals surface area contributed by atoms with Crippen LogP contribution in [0.2, 0.25) is 0 Å². The Morgan fingerprint density at radius 3 is 2.77 bits per heavy atom. The normalized spacial score (nSPS) is 24.5. The van der Waals surface area contributed by atoms with Gasteiger partial charge in [0.25, 0.3) is 0 Å². The lowest BCUT2D eigenvalue weighted by Crippen LogP contribution is -2.32. The van der Waals surface area contributed by atoms with Gasteiger partial charge in [-0.25, -0.2) is 4.79 Å². The Balaban J connectivity index is 2.86. The second-order valence-electron chi connectivity index (χ2n) is 2.49. The highest BCUT2D eigenvalue weighted by atomic mass is 16.6. The molecule has 0 unspecified atom stereocenters. The van der Waals surface area contributed by atoms with E-state index in [-0.39, 0.29) is 5.76 Å². The number of methoxy groups -OCH3 is 1. The summed E-state index contributed by atoms with van der Waals surface area (Å²) in [7, 11) is 1.23. The fourth-order valence-electron chi connectivity index (χ4n) is 1.02. The minimum atomic E-state index is -1.29. The summed E-state index contributed by atoms with van der Waals surface area (Å²) in [6.07, 6.45) is -2.41. The summed E-state index contributed by atoms with van der Waals surface area (Å²) in [4.78, 5) is 10.8. The van der Waals surface area contributed by atoms with Crippen molar-refractivity contribution in [1.82, 2.24) is 0 Å². The van der Waals surface area contributed by atoms with E-state index in [0.29, 0.717) is 0 Å². The predicted molar refractivity (Wildman–Crippen MR) is 39.6 cm³/mol. The van der Waals surface area contributed by atoms with Crippen molar-refractivity contribution in [2.45, 2.75) is 12.2 Å². The summed E-state index contributed by atoms with van der Waals surface area (Å²) in [5.41, 5.74) is 0. The van der Waals surface area contributed by atoms with E-state index >= 15 is 0 Å². The number of rotatable bonds is 3. The Kier molecular flexibility index (Phi) is 2.74. The van der Waals surface area contributed by atoms with E-state index in [0.717, 1.165) is 0 Å². The third-order valence-corrected chi connectivity index (χ3v) is 1.68. The van der Waals surface area contributed by atoms with Gasteiger partial charge in [0.15, 0.2) is 11.9 Å². The minimum absolute atomic E-state index is 0.161. The third-order valence-electron chi connectivity index (χ3n) is 1.68. The summed E-state index contributed by atoms with van der Waals surface area (Å²) < 4.78 is 9.17. The molecule has 0 fully saturated rings. The molecule has 0 aromatic heterocycles. The van der Waals surface area contributed by atoms with Crippen LogP contribution >= 0.6 is 0 Å². The van der Waals surface area contributed by atoms with Crippen molar-refractivity contribution >= 4 is 5.97 Å². The van der Waals surface area contributed by atoms with Crippen LogP contribution < -0.4 is 0 Å². The van der Waals surface area contributed by atoms with Crippen LogP contribution in [0.15, 0.2) is 11.5 Å². The van der Waals surface area contributed by atoms with Gasteiger partial charge in [-0.1, -0.05) is 0 Å². The highest BCUT2D eigenvalue weighted by Gasteiger charge is 2.39. The van der Waals surface area contributed by atoms with Crippen LogP contribution in [0.5, 0.6) is 0 Å². The van der Waals surface area contributed by atoms with E-state index in [1.807, 2.05) is 0 Å². The third kappa shape index (κ3) is 1.58. The molecule has 2 atom stereocenters. The number of esters is 1. The van der Waals surface area contributed by atoms with Gasteiger partial charge >= 0.3 is 5.97 Å². The molecule has 74 valence electrons. The van der Waals surface area contributed by atoms with Gasteiger partial charge in [-0.05, 0) is 0 Å². The van der Waals surface area contributed by atoms with Gasteiger partial charge in [-0.3, -0.25) is 0 Å². The van der Waals surface area contributed by atoms with Crippen LogP contribution in [0.25, 0.3) is 0 Å². The van der Waals surface area contributed by atoms with Crippen LogP contribution in [0.4, 0.5) is 0 Å². The summed E-state index contributed by atoms with van der Waals surface area (Å²) >= 11 is 0. The number of aliphatic hydroxyl groups excluding tert-OH is 3. The molecule has 0 amide bonds. The standard InChI is InChI=1S/C7H10O6/c1-12-6-4(10)7(11)13-5(6)3(9)2-8/h3,5,8-10H,2H2,1H3/t3-,5+/m0/s1. The topological polar surface area (TPSA) is 96.2 Å². The lowest BCUT2D eigenvalue weighted by atomic mass is 10.2. The van der Waals surface area contributed by atoms with Gasteiger partial charge in [0, 0.05) is 0 Å². The van der Waals surface area contributed by atoms with Crippen LogP contribution in [0, 0.1) is 0 Å². The first-order valence-corrected chi connectivity index (χ1v) is 3.58.